The predicted molar refractivity (Wildman–Crippen MR) is 148 cm³/mol. The summed E-state index contributed by atoms with van der Waals surface area (Å²) in [5.74, 6) is -1.67. The van der Waals surface area contributed by atoms with Gasteiger partial charge in [-0.15, -0.1) is 11.3 Å². The fourth-order valence-electron chi connectivity index (χ4n) is 4.30. The number of hydrogen-bond acceptors (Lipinski definition) is 8. The zero-order valence-corrected chi connectivity index (χ0v) is 23.8. The van der Waals surface area contributed by atoms with Crippen LogP contribution in [-0.2, 0) is 16.0 Å². The minimum atomic E-state index is -0.666. The van der Waals surface area contributed by atoms with E-state index in [4.69, 9.17) is 4.42 Å². The van der Waals surface area contributed by atoms with E-state index in [9.17, 15) is 19.2 Å². The number of thiazole rings is 1. The summed E-state index contributed by atoms with van der Waals surface area (Å²) in [4.78, 5) is 62.3. The lowest BCUT2D eigenvalue weighted by atomic mass is 10.0. The van der Waals surface area contributed by atoms with E-state index >= 15 is 0 Å². The van der Waals surface area contributed by atoms with Gasteiger partial charge in [0, 0.05) is 30.8 Å². The van der Waals surface area contributed by atoms with Crippen molar-refractivity contribution in [3.63, 3.8) is 0 Å². The van der Waals surface area contributed by atoms with Gasteiger partial charge < -0.3 is 25.3 Å². The van der Waals surface area contributed by atoms with Gasteiger partial charge in [0.2, 0.25) is 17.7 Å². The minimum absolute atomic E-state index is 0.0262. The lowest BCUT2D eigenvalue weighted by molar-refractivity contribution is -0.138. The van der Waals surface area contributed by atoms with Crippen LogP contribution in [0, 0.1) is 11.8 Å². The lowest BCUT2D eigenvalue weighted by Gasteiger charge is -2.26. The molecule has 0 saturated heterocycles. The number of rotatable bonds is 4. The highest BCUT2D eigenvalue weighted by molar-refractivity contribution is 7.09. The van der Waals surface area contributed by atoms with Crippen LogP contribution in [0.15, 0.2) is 46.4 Å². The Kier molecular flexibility index (Phi) is 9.30. The number of carbonyl (C=O) groups excluding carboxylic acids is 4. The largest absolute Gasteiger partial charge is 0.446 e. The van der Waals surface area contributed by atoms with E-state index < -0.39 is 23.9 Å². The second-order valence-electron chi connectivity index (χ2n) is 10.3. The summed E-state index contributed by atoms with van der Waals surface area (Å²) in [5.41, 5.74) is 1.18. The third kappa shape index (κ3) is 7.12. The van der Waals surface area contributed by atoms with Gasteiger partial charge in [-0.05, 0) is 11.5 Å². The van der Waals surface area contributed by atoms with Crippen LogP contribution < -0.4 is 16.0 Å². The summed E-state index contributed by atoms with van der Waals surface area (Å²) < 4.78 is 5.65. The first-order valence-electron chi connectivity index (χ1n) is 13.2. The van der Waals surface area contributed by atoms with Crippen molar-refractivity contribution in [1.82, 2.24) is 30.8 Å². The Bertz CT molecular complexity index is 1350. The van der Waals surface area contributed by atoms with Crippen molar-refractivity contribution in [2.75, 3.05) is 19.6 Å². The SMILES string of the molecule is CC(C)C(=O)N1CCNC(=O)c2coc(n2)[C@H](Cc2ccccc2)NC(=O)c2csc(n2)[C@H](C(C)C)NC(=O)C1. The Balaban J connectivity index is 1.68. The number of nitrogens with one attached hydrogen (secondary N) is 3. The molecule has 2 atom stereocenters. The number of amides is 4. The normalized spacial score (nSPS) is 19.1. The van der Waals surface area contributed by atoms with Crippen molar-refractivity contribution in [2.24, 2.45) is 11.8 Å². The molecule has 0 radical (unpaired) electrons. The molecule has 212 valence electrons. The van der Waals surface area contributed by atoms with Crippen molar-refractivity contribution in [3.8, 4) is 0 Å². The molecule has 1 aliphatic heterocycles. The molecular weight excluding hydrogens is 532 g/mol. The number of benzene rings is 1. The number of fused-ring (bicyclic) bond motifs is 4. The Morgan fingerprint density at radius 2 is 1.80 bits per heavy atom. The van der Waals surface area contributed by atoms with E-state index in [1.54, 1.807) is 19.2 Å². The van der Waals surface area contributed by atoms with Gasteiger partial charge in [0.25, 0.3) is 11.8 Å². The summed E-state index contributed by atoms with van der Waals surface area (Å²) in [6.45, 7) is 7.48. The van der Waals surface area contributed by atoms with Crippen LogP contribution in [0.2, 0.25) is 0 Å². The molecule has 1 aliphatic rings. The third-order valence-electron chi connectivity index (χ3n) is 6.45. The molecule has 0 fully saturated rings. The molecule has 40 heavy (non-hydrogen) atoms. The first kappa shape index (κ1) is 28.9. The van der Waals surface area contributed by atoms with Crippen molar-refractivity contribution in [2.45, 2.75) is 46.2 Å². The van der Waals surface area contributed by atoms with E-state index in [1.165, 1.54) is 22.5 Å². The summed E-state index contributed by atoms with van der Waals surface area (Å²) in [7, 11) is 0. The van der Waals surface area contributed by atoms with Crippen molar-refractivity contribution >= 4 is 35.0 Å². The number of nitrogens with zero attached hydrogens (tertiary/aromatic N) is 3. The number of aromatic nitrogens is 2. The van der Waals surface area contributed by atoms with Gasteiger partial charge in [-0.3, -0.25) is 19.2 Å². The maximum atomic E-state index is 13.3. The average Bonchev–Trinajstić information content (AvgIpc) is 3.61. The highest BCUT2D eigenvalue weighted by atomic mass is 32.1. The van der Waals surface area contributed by atoms with E-state index in [-0.39, 0.29) is 60.6 Å². The molecule has 3 heterocycles. The maximum absolute atomic E-state index is 13.3. The van der Waals surface area contributed by atoms with Crippen LogP contribution in [0.3, 0.4) is 0 Å². The number of carbonyl (C=O) groups is 4. The van der Waals surface area contributed by atoms with Gasteiger partial charge in [-0.2, -0.15) is 0 Å². The zero-order chi connectivity index (χ0) is 28.8. The van der Waals surface area contributed by atoms with Crippen molar-refractivity contribution < 1.29 is 23.6 Å². The molecule has 2 aromatic heterocycles. The van der Waals surface area contributed by atoms with Crippen LogP contribution in [0.4, 0.5) is 0 Å². The van der Waals surface area contributed by atoms with Gasteiger partial charge in [-0.1, -0.05) is 58.0 Å². The van der Waals surface area contributed by atoms with E-state index in [0.717, 1.165) is 5.56 Å². The van der Waals surface area contributed by atoms with Gasteiger partial charge >= 0.3 is 0 Å². The first-order valence-corrected chi connectivity index (χ1v) is 14.1. The number of oxazole rings is 1. The zero-order valence-electron chi connectivity index (χ0n) is 23.0. The summed E-state index contributed by atoms with van der Waals surface area (Å²) in [5, 5.41) is 10.9. The van der Waals surface area contributed by atoms with Gasteiger partial charge in [0.05, 0.1) is 12.6 Å². The molecule has 0 aliphatic carbocycles. The van der Waals surface area contributed by atoms with Crippen LogP contribution in [0.1, 0.15) is 77.2 Å². The summed E-state index contributed by atoms with van der Waals surface area (Å²) in [6, 6.07) is 8.42. The Hall–Kier alpha value is -4.06. The summed E-state index contributed by atoms with van der Waals surface area (Å²) in [6.07, 6.45) is 1.61. The van der Waals surface area contributed by atoms with Crippen LogP contribution >= 0.6 is 11.3 Å². The fraction of sp³-hybridized carbons (Fsp3) is 0.429. The summed E-state index contributed by atoms with van der Waals surface area (Å²) >= 11 is 1.28. The van der Waals surface area contributed by atoms with Crippen molar-refractivity contribution in [3.05, 3.63) is 69.8 Å². The Morgan fingerprint density at radius 3 is 2.50 bits per heavy atom. The van der Waals surface area contributed by atoms with Gasteiger partial charge in [-0.25, -0.2) is 9.97 Å². The van der Waals surface area contributed by atoms with Crippen LogP contribution in [-0.4, -0.2) is 58.1 Å². The van der Waals surface area contributed by atoms with Gasteiger partial charge in [0.1, 0.15) is 23.0 Å². The standard InChI is InChI=1S/C28H34N6O5S/c1-16(2)23-27-32-21(15-40-27)25(37)30-19(12-18-8-6-5-7-9-18)26-31-20(14-39-26)24(36)29-10-11-34(13-22(35)33-23)28(38)17(3)4/h5-9,14-17,19,23H,10-13H2,1-4H3,(H,29,36)(H,30,37)(H,33,35)/t19-,23-/m0/s1. The molecule has 0 saturated carbocycles. The van der Waals surface area contributed by atoms with Crippen LogP contribution in [0.25, 0.3) is 0 Å². The second-order valence-corrected chi connectivity index (χ2v) is 11.2. The number of hydrogen-bond donors (Lipinski definition) is 3. The maximum Gasteiger partial charge on any atom is 0.273 e. The Morgan fingerprint density at radius 1 is 1.05 bits per heavy atom. The van der Waals surface area contributed by atoms with E-state index in [0.29, 0.717) is 11.4 Å². The molecule has 0 unspecified atom stereocenters. The molecule has 12 heteroatoms. The molecule has 3 aromatic rings. The molecule has 3 N–H and O–H groups in total. The van der Waals surface area contributed by atoms with Crippen LogP contribution in [0.5, 0.6) is 0 Å². The molecule has 11 nitrogen and oxygen atoms in total. The predicted octanol–water partition coefficient (Wildman–Crippen LogP) is 2.89. The molecule has 4 rings (SSSR count). The highest BCUT2D eigenvalue weighted by Gasteiger charge is 2.28. The first-order chi connectivity index (χ1) is 19.1. The molecule has 1 aromatic carbocycles. The monoisotopic (exact) mass is 566 g/mol. The Labute approximate surface area is 236 Å². The average molecular weight is 567 g/mol. The quantitative estimate of drug-likeness (QED) is 0.440. The van der Waals surface area contributed by atoms with E-state index in [2.05, 4.69) is 25.9 Å². The minimum Gasteiger partial charge on any atom is -0.446 e. The molecule has 4 amide bonds. The molecule has 4 bridgehead atoms. The fourth-order valence-corrected chi connectivity index (χ4v) is 5.32. The molecule has 0 spiro atoms. The smallest absolute Gasteiger partial charge is 0.273 e. The topological polar surface area (TPSA) is 147 Å². The third-order valence-corrected chi connectivity index (χ3v) is 7.38. The van der Waals surface area contributed by atoms with E-state index in [1.807, 2.05) is 44.2 Å². The van der Waals surface area contributed by atoms with Gasteiger partial charge in [0.15, 0.2) is 5.69 Å². The highest BCUT2D eigenvalue weighted by Crippen LogP contribution is 2.26. The molecular formula is C28H34N6O5S. The second kappa shape index (κ2) is 12.9. The lowest BCUT2D eigenvalue weighted by Crippen LogP contribution is -2.46. The van der Waals surface area contributed by atoms with Crippen molar-refractivity contribution in [1.29, 1.82) is 0 Å².